The van der Waals surface area contributed by atoms with Gasteiger partial charge in [-0.05, 0) is 55.2 Å². The Morgan fingerprint density at radius 1 is 0.825 bits per heavy atom. The maximum absolute atomic E-state index is 13.4. The molecule has 1 aliphatic carbocycles. The lowest BCUT2D eigenvalue weighted by molar-refractivity contribution is -0.121. The molecule has 5 rings (SSSR count). The van der Waals surface area contributed by atoms with Crippen LogP contribution in [0.15, 0.2) is 94.4 Å². The Morgan fingerprint density at radius 3 is 2.05 bits per heavy atom. The number of nitrogens with zero attached hydrogens (tertiary/aromatic N) is 1. The Hall–Kier alpha value is -5.05. The van der Waals surface area contributed by atoms with Crippen LogP contribution in [-0.4, -0.2) is 23.4 Å². The number of hydrazine groups is 1. The second-order valence-corrected chi connectivity index (χ2v) is 9.41. The van der Waals surface area contributed by atoms with E-state index in [-0.39, 0.29) is 17.2 Å². The lowest BCUT2D eigenvalue weighted by Crippen LogP contribution is -2.41. The minimum absolute atomic E-state index is 0.0387. The first kappa shape index (κ1) is 26.6. The van der Waals surface area contributed by atoms with Gasteiger partial charge in [0.15, 0.2) is 5.76 Å². The van der Waals surface area contributed by atoms with E-state index in [1.54, 1.807) is 6.92 Å². The summed E-state index contributed by atoms with van der Waals surface area (Å²) in [6, 6.07) is 23.9. The molecule has 1 heterocycles. The summed E-state index contributed by atoms with van der Waals surface area (Å²) in [7, 11) is 0. The maximum atomic E-state index is 13.4. The molecule has 0 saturated carbocycles. The van der Waals surface area contributed by atoms with Crippen LogP contribution in [-0.2, 0) is 11.2 Å². The number of hydrazone groups is 1. The quantitative estimate of drug-likeness (QED) is 0.307. The van der Waals surface area contributed by atoms with E-state index in [4.69, 9.17) is 4.42 Å². The van der Waals surface area contributed by atoms with Crippen LogP contribution in [0.1, 0.15) is 67.7 Å². The van der Waals surface area contributed by atoms with Crippen LogP contribution in [0, 0.1) is 12.7 Å². The fourth-order valence-corrected chi connectivity index (χ4v) is 4.81. The highest BCUT2D eigenvalue weighted by atomic mass is 19.1. The molecule has 3 amide bonds. The third-order valence-corrected chi connectivity index (χ3v) is 6.76. The molecule has 0 radical (unpaired) electrons. The van der Waals surface area contributed by atoms with Gasteiger partial charge in [-0.15, -0.1) is 0 Å². The molecule has 0 unspecified atom stereocenters. The van der Waals surface area contributed by atoms with Crippen molar-refractivity contribution in [3.8, 4) is 0 Å². The van der Waals surface area contributed by atoms with Crippen LogP contribution in [0.4, 0.5) is 4.39 Å². The summed E-state index contributed by atoms with van der Waals surface area (Å²) in [4.78, 5) is 38.6. The molecule has 4 aromatic rings. The number of nitrogens with one attached hydrogen (secondary N) is 3. The average molecular weight is 539 g/mol. The first-order chi connectivity index (χ1) is 19.4. The Labute approximate surface area is 230 Å². The molecule has 1 aliphatic rings. The molecule has 0 fully saturated rings. The number of aryl methyl sites for hydroxylation is 1. The molecule has 40 heavy (non-hydrogen) atoms. The van der Waals surface area contributed by atoms with E-state index in [1.165, 1.54) is 12.1 Å². The molecule has 202 valence electrons. The van der Waals surface area contributed by atoms with Crippen molar-refractivity contribution in [1.82, 2.24) is 16.3 Å². The van der Waals surface area contributed by atoms with Crippen molar-refractivity contribution >= 4 is 23.4 Å². The molecule has 0 spiro atoms. The van der Waals surface area contributed by atoms with Crippen LogP contribution >= 0.6 is 0 Å². The molecule has 0 bridgehead atoms. The van der Waals surface area contributed by atoms with E-state index in [0.717, 1.165) is 29.7 Å². The number of benzene rings is 3. The number of fused-ring (bicyclic) bond motifs is 1. The van der Waals surface area contributed by atoms with Crippen molar-refractivity contribution in [3.63, 3.8) is 0 Å². The standard InChI is InChI=1S/C31H27FN4O4/c1-19-26-24(33-35-30(38)27(20-9-4-2-5-10-20)21-11-6-3-7-12-21)13-8-14-25(26)40-28(19)31(39)36-34-29(37)22-15-17-23(32)18-16-22/h2-7,9-12,15-18,27H,8,13-14H2,1H3,(H,34,37)(H,35,38)(H,36,39)/b33-24+. The van der Waals surface area contributed by atoms with Gasteiger partial charge in [0, 0.05) is 23.1 Å². The van der Waals surface area contributed by atoms with Gasteiger partial charge in [-0.3, -0.25) is 25.2 Å². The number of hydrogen-bond donors (Lipinski definition) is 3. The van der Waals surface area contributed by atoms with Gasteiger partial charge < -0.3 is 4.42 Å². The first-order valence-electron chi connectivity index (χ1n) is 12.9. The van der Waals surface area contributed by atoms with Gasteiger partial charge in [-0.2, -0.15) is 5.10 Å². The minimum Gasteiger partial charge on any atom is -0.455 e. The highest BCUT2D eigenvalue weighted by molar-refractivity contribution is 6.07. The van der Waals surface area contributed by atoms with Crippen molar-refractivity contribution in [2.24, 2.45) is 5.10 Å². The van der Waals surface area contributed by atoms with Crippen molar-refractivity contribution < 1.29 is 23.2 Å². The molecule has 0 atom stereocenters. The van der Waals surface area contributed by atoms with E-state index in [0.29, 0.717) is 35.4 Å². The summed E-state index contributed by atoms with van der Waals surface area (Å²) in [5, 5.41) is 4.48. The number of carbonyl (C=O) groups excluding carboxylic acids is 3. The van der Waals surface area contributed by atoms with Crippen LogP contribution in [0.25, 0.3) is 0 Å². The molecule has 9 heteroatoms. The number of furan rings is 1. The van der Waals surface area contributed by atoms with Crippen LogP contribution in [0.3, 0.4) is 0 Å². The van der Waals surface area contributed by atoms with Crippen molar-refractivity contribution in [2.45, 2.75) is 32.1 Å². The Bertz CT molecular complexity index is 1520. The lowest BCUT2D eigenvalue weighted by atomic mass is 9.90. The van der Waals surface area contributed by atoms with Gasteiger partial charge in [-0.1, -0.05) is 60.7 Å². The lowest BCUT2D eigenvalue weighted by Gasteiger charge is -2.18. The van der Waals surface area contributed by atoms with Crippen LogP contribution in [0.2, 0.25) is 0 Å². The second kappa shape index (κ2) is 11.8. The number of amides is 3. The zero-order valence-corrected chi connectivity index (χ0v) is 21.7. The molecule has 3 N–H and O–H groups in total. The third-order valence-electron chi connectivity index (χ3n) is 6.76. The largest absolute Gasteiger partial charge is 0.455 e. The summed E-state index contributed by atoms with van der Waals surface area (Å²) in [5.74, 6) is -1.91. The van der Waals surface area contributed by atoms with Crippen molar-refractivity contribution in [3.05, 3.63) is 130 Å². The smallest absolute Gasteiger partial charge is 0.305 e. The minimum atomic E-state index is -0.640. The van der Waals surface area contributed by atoms with Gasteiger partial charge in [0.1, 0.15) is 11.6 Å². The summed E-state index contributed by atoms with van der Waals surface area (Å²) >= 11 is 0. The molecule has 0 aliphatic heterocycles. The van der Waals surface area contributed by atoms with E-state index in [1.807, 2.05) is 60.7 Å². The molecule has 0 saturated heterocycles. The van der Waals surface area contributed by atoms with Gasteiger partial charge >= 0.3 is 5.91 Å². The molecular formula is C31H27FN4O4. The summed E-state index contributed by atoms with van der Waals surface area (Å²) in [5.41, 5.74) is 11.1. The Balaban J connectivity index is 1.33. The van der Waals surface area contributed by atoms with Crippen LogP contribution < -0.4 is 16.3 Å². The fourth-order valence-electron chi connectivity index (χ4n) is 4.81. The SMILES string of the molecule is Cc1c(C(=O)NNC(=O)c2ccc(F)cc2)oc2c1/C(=N/NC(=O)C(c1ccccc1)c1ccccc1)CCC2. The Morgan fingerprint density at radius 2 is 1.43 bits per heavy atom. The van der Waals surface area contributed by atoms with E-state index < -0.39 is 23.5 Å². The maximum Gasteiger partial charge on any atom is 0.305 e. The second-order valence-electron chi connectivity index (χ2n) is 9.41. The predicted octanol–water partition coefficient (Wildman–Crippen LogP) is 4.79. The monoisotopic (exact) mass is 538 g/mol. The van der Waals surface area contributed by atoms with E-state index in [9.17, 15) is 18.8 Å². The first-order valence-corrected chi connectivity index (χ1v) is 12.9. The van der Waals surface area contributed by atoms with Crippen LogP contribution in [0.5, 0.6) is 0 Å². The normalized spacial score (nSPS) is 13.5. The van der Waals surface area contributed by atoms with E-state index >= 15 is 0 Å². The summed E-state index contributed by atoms with van der Waals surface area (Å²) in [6.45, 7) is 1.73. The van der Waals surface area contributed by atoms with Gasteiger partial charge in [0.2, 0.25) is 0 Å². The molecule has 3 aromatic carbocycles. The Kier molecular flexibility index (Phi) is 7.82. The number of hydrogen-bond acceptors (Lipinski definition) is 5. The highest BCUT2D eigenvalue weighted by Gasteiger charge is 2.29. The van der Waals surface area contributed by atoms with Gasteiger partial charge in [0.05, 0.1) is 11.6 Å². The predicted molar refractivity (Wildman–Crippen MR) is 147 cm³/mol. The number of halogens is 1. The summed E-state index contributed by atoms with van der Waals surface area (Å²) < 4.78 is 19.0. The highest BCUT2D eigenvalue weighted by Crippen LogP contribution is 2.30. The number of carbonyl (C=O) groups is 3. The topological polar surface area (TPSA) is 113 Å². The number of rotatable bonds is 6. The zero-order valence-electron chi connectivity index (χ0n) is 21.7. The van der Waals surface area contributed by atoms with Gasteiger partial charge in [-0.25, -0.2) is 9.82 Å². The average Bonchev–Trinajstić information content (AvgIpc) is 3.33. The molecule has 1 aromatic heterocycles. The van der Waals surface area contributed by atoms with Gasteiger partial charge in [0.25, 0.3) is 11.8 Å². The third kappa shape index (κ3) is 5.68. The van der Waals surface area contributed by atoms with E-state index in [2.05, 4.69) is 21.4 Å². The van der Waals surface area contributed by atoms with Crippen molar-refractivity contribution in [2.75, 3.05) is 0 Å². The fraction of sp³-hybridized carbons (Fsp3) is 0.161. The summed E-state index contributed by atoms with van der Waals surface area (Å²) in [6.07, 6.45) is 1.93. The zero-order chi connectivity index (χ0) is 28.1. The van der Waals surface area contributed by atoms with Crippen molar-refractivity contribution in [1.29, 1.82) is 0 Å². The molecular weight excluding hydrogens is 511 g/mol. The molecule has 8 nitrogen and oxygen atoms in total.